The number of hydrogen-bond acceptors (Lipinski definition) is 7. The highest BCUT2D eigenvalue weighted by atomic mass is 32.2. The number of benzene rings is 1. The number of nitrogens with zero attached hydrogens (tertiary/aromatic N) is 2. The molecule has 2 rings (SSSR count). The number of ether oxygens (including phenoxy) is 1. The summed E-state index contributed by atoms with van der Waals surface area (Å²) in [5.41, 5.74) is 0.0130. The molecule has 0 aliphatic heterocycles. The zero-order valence-electron chi connectivity index (χ0n) is 20.9. The second kappa shape index (κ2) is 13.8. The Kier molecular flexibility index (Phi) is 11.1. The first kappa shape index (κ1) is 28.2. The van der Waals surface area contributed by atoms with E-state index in [4.69, 9.17) is 4.74 Å². The average molecular weight is 499 g/mol. The highest BCUT2D eigenvalue weighted by Crippen LogP contribution is 2.28. The summed E-state index contributed by atoms with van der Waals surface area (Å²) in [7, 11) is 0. The number of carbonyl (C=O) groups excluding carboxylic acids is 4. The molecule has 0 saturated heterocycles. The van der Waals surface area contributed by atoms with Crippen LogP contribution in [0.5, 0.6) is 0 Å². The third kappa shape index (κ3) is 9.64. The van der Waals surface area contributed by atoms with E-state index in [1.54, 1.807) is 75.5 Å². The lowest BCUT2D eigenvalue weighted by atomic mass is 10.0. The van der Waals surface area contributed by atoms with Gasteiger partial charge in [0.1, 0.15) is 11.4 Å². The van der Waals surface area contributed by atoms with Crippen molar-refractivity contribution in [2.24, 2.45) is 0 Å². The average Bonchev–Trinajstić information content (AvgIpc) is 2.82. The Morgan fingerprint density at radius 3 is 2.29 bits per heavy atom. The molecular weight excluding hydrogens is 464 g/mol. The van der Waals surface area contributed by atoms with Crippen molar-refractivity contribution in [2.45, 2.75) is 71.4 Å². The van der Waals surface area contributed by atoms with Gasteiger partial charge in [0, 0.05) is 24.6 Å². The number of carbonyl (C=O) groups is 4. The monoisotopic (exact) mass is 498 g/mol. The molecule has 35 heavy (non-hydrogen) atoms. The molecule has 1 atom stereocenters. The molecule has 1 aromatic carbocycles. The lowest BCUT2D eigenvalue weighted by Gasteiger charge is -2.31. The van der Waals surface area contributed by atoms with Gasteiger partial charge in [0.05, 0.1) is 17.5 Å². The molecule has 1 aromatic heterocycles. The fraction of sp³-hybridized carbons (Fsp3) is 0.444. The quantitative estimate of drug-likeness (QED) is 0.351. The van der Waals surface area contributed by atoms with Crippen molar-refractivity contribution in [3.8, 4) is 0 Å². The van der Waals surface area contributed by atoms with E-state index in [9.17, 15) is 19.2 Å². The molecule has 0 saturated carbocycles. The van der Waals surface area contributed by atoms with Crippen LogP contribution in [0, 0.1) is 0 Å². The van der Waals surface area contributed by atoms with Crippen LogP contribution < -0.4 is 0 Å². The summed E-state index contributed by atoms with van der Waals surface area (Å²) in [6.45, 7) is 7.16. The standard InChI is InChI=1S/C27H34N2O5S/c1-5-6-8-15-21(30)18-23(22-16-11-12-17-28-22)29(26(33)34-27(2,3)4)24(31)19-35-25(32)20-13-9-7-10-14-20/h7,9-14,16-17,23H,5-6,8,15,18-19H2,1-4H3. The van der Waals surface area contributed by atoms with E-state index in [0.717, 1.165) is 35.9 Å². The number of hydrogen-bond donors (Lipinski definition) is 0. The van der Waals surface area contributed by atoms with Gasteiger partial charge in [-0.3, -0.25) is 19.4 Å². The first-order valence-electron chi connectivity index (χ1n) is 11.8. The first-order chi connectivity index (χ1) is 16.6. The maximum absolute atomic E-state index is 13.4. The number of amides is 2. The van der Waals surface area contributed by atoms with E-state index in [0.29, 0.717) is 17.7 Å². The van der Waals surface area contributed by atoms with Gasteiger partial charge in [0.15, 0.2) is 0 Å². The number of pyridine rings is 1. The lowest BCUT2D eigenvalue weighted by molar-refractivity contribution is -0.131. The van der Waals surface area contributed by atoms with Crippen molar-refractivity contribution in [1.29, 1.82) is 0 Å². The van der Waals surface area contributed by atoms with Crippen LogP contribution in [0.2, 0.25) is 0 Å². The molecule has 0 fully saturated rings. The van der Waals surface area contributed by atoms with Gasteiger partial charge in [0.25, 0.3) is 0 Å². The van der Waals surface area contributed by atoms with Crippen molar-refractivity contribution in [3.05, 3.63) is 66.0 Å². The minimum Gasteiger partial charge on any atom is -0.443 e. The molecule has 2 aromatic rings. The van der Waals surface area contributed by atoms with Crippen molar-refractivity contribution >= 4 is 34.7 Å². The summed E-state index contributed by atoms with van der Waals surface area (Å²) in [5.74, 6) is -0.964. The Morgan fingerprint density at radius 1 is 1.00 bits per heavy atom. The highest BCUT2D eigenvalue weighted by molar-refractivity contribution is 8.14. The van der Waals surface area contributed by atoms with Crippen LogP contribution in [-0.4, -0.2) is 44.1 Å². The topological polar surface area (TPSA) is 93.6 Å². The smallest absolute Gasteiger partial charge is 0.417 e. The summed E-state index contributed by atoms with van der Waals surface area (Å²) in [5, 5.41) is -0.284. The van der Waals surface area contributed by atoms with Crippen LogP contribution >= 0.6 is 11.8 Å². The van der Waals surface area contributed by atoms with Crippen LogP contribution in [0.3, 0.4) is 0 Å². The normalized spacial score (nSPS) is 12.0. The number of aromatic nitrogens is 1. The molecule has 2 amide bonds. The minimum atomic E-state index is -0.930. The minimum absolute atomic E-state index is 0.0662. The maximum Gasteiger partial charge on any atom is 0.417 e. The maximum atomic E-state index is 13.4. The molecule has 0 N–H and O–H groups in total. The van der Waals surface area contributed by atoms with E-state index in [1.807, 2.05) is 0 Å². The predicted molar refractivity (Wildman–Crippen MR) is 137 cm³/mol. The van der Waals surface area contributed by atoms with Gasteiger partial charge in [-0.25, -0.2) is 9.69 Å². The summed E-state index contributed by atoms with van der Waals surface area (Å²) >= 11 is 0.806. The molecule has 1 unspecified atom stereocenters. The second-order valence-corrected chi connectivity index (χ2v) is 10.1. The Balaban J connectivity index is 2.32. The Hall–Kier alpha value is -3.00. The summed E-state index contributed by atoms with van der Waals surface area (Å²) in [6, 6.07) is 12.8. The van der Waals surface area contributed by atoms with Gasteiger partial charge in [-0.2, -0.15) is 0 Å². The molecule has 7 nitrogen and oxygen atoms in total. The Morgan fingerprint density at radius 2 is 1.69 bits per heavy atom. The molecular formula is C27H34N2O5S. The summed E-state index contributed by atoms with van der Waals surface area (Å²) in [4.78, 5) is 57.2. The molecule has 0 radical (unpaired) electrons. The fourth-order valence-corrected chi connectivity index (χ4v) is 4.06. The van der Waals surface area contributed by atoms with Gasteiger partial charge < -0.3 is 4.74 Å². The molecule has 8 heteroatoms. The number of rotatable bonds is 11. The van der Waals surface area contributed by atoms with Crippen LogP contribution in [0.4, 0.5) is 4.79 Å². The first-order valence-corrected chi connectivity index (χ1v) is 12.8. The molecule has 0 aliphatic rings. The van der Waals surface area contributed by atoms with E-state index in [1.165, 1.54) is 0 Å². The van der Waals surface area contributed by atoms with Gasteiger partial charge in [-0.1, -0.05) is 67.9 Å². The van der Waals surface area contributed by atoms with Crippen molar-refractivity contribution in [2.75, 3.05) is 5.75 Å². The van der Waals surface area contributed by atoms with Gasteiger partial charge >= 0.3 is 6.09 Å². The SMILES string of the molecule is CCCCCC(=O)CC(c1ccccn1)N(C(=O)CSC(=O)c1ccccc1)C(=O)OC(C)(C)C. The molecule has 0 aliphatic carbocycles. The molecule has 188 valence electrons. The van der Waals surface area contributed by atoms with E-state index < -0.39 is 23.6 Å². The zero-order chi connectivity index (χ0) is 25.8. The van der Waals surface area contributed by atoms with Crippen LogP contribution in [-0.2, 0) is 14.3 Å². The zero-order valence-corrected chi connectivity index (χ0v) is 21.7. The van der Waals surface area contributed by atoms with Gasteiger partial charge in [0.2, 0.25) is 11.0 Å². The van der Waals surface area contributed by atoms with Crippen molar-refractivity contribution in [3.63, 3.8) is 0 Å². The van der Waals surface area contributed by atoms with Gasteiger partial charge in [-0.05, 0) is 39.3 Å². The van der Waals surface area contributed by atoms with E-state index in [-0.39, 0.29) is 23.1 Å². The number of thioether (sulfide) groups is 1. The number of ketones is 1. The highest BCUT2D eigenvalue weighted by Gasteiger charge is 2.36. The van der Waals surface area contributed by atoms with Crippen LogP contribution in [0.25, 0.3) is 0 Å². The number of unbranched alkanes of at least 4 members (excludes halogenated alkanes) is 2. The van der Waals surface area contributed by atoms with Gasteiger partial charge in [-0.15, -0.1) is 0 Å². The van der Waals surface area contributed by atoms with Crippen LogP contribution in [0.1, 0.15) is 81.9 Å². The van der Waals surface area contributed by atoms with Crippen molar-refractivity contribution < 1.29 is 23.9 Å². The largest absolute Gasteiger partial charge is 0.443 e. The molecule has 1 heterocycles. The third-order valence-electron chi connectivity index (χ3n) is 5.02. The second-order valence-electron chi connectivity index (χ2n) is 9.16. The summed E-state index contributed by atoms with van der Waals surface area (Å²) in [6.07, 6.45) is 3.62. The number of Topliss-reactive ketones (excluding diaryl/α,β-unsaturated/α-hetero) is 1. The van der Waals surface area contributed by atoms with Crippen LogP contribution in [0.15, 0.2) is 54.7 Å². The third-order valence-corrected chi connectivity index (χ3v) is 5.91. The van der Waals surface area contributed by atoms with Crippen molar-refractivity contribution in [1.82, 2.24) is 9.88 Å². The number of imide groups is 1. The Bertz CT molecular complexity index is 990. The predicted octanol–water partition coefficient (Wildman–Crippen LogP) is 6.00. The fourth-order valence-electron chi connectivity index (χ4n) is 3.36. The lowest BCUT2D eigenvalue weighted by Crippen LogP contribution is -2.45. The van der Waals surface area contributed by atoms with E-state index >= 15 is 0 Å². The Labute approximate surface area is 211 Å². The molecule has 0 bridgehead atoms. The molecule has 0 spiro atoms. The summed E-state index contributed by atoms with van der Waals surface area (Å²) < 4.78 is 5.53. The van der Waals surface area contributed by atoms with E-state index in [2.05, 4.69) is 11.9 Å².